The Balaban J connectivity index is 1.73. The number of hydrogen-bond donors (Lipinski definition) is 1. The molecule has 3 aliphatic rings. The van der Waals surface area contributed by atoms with Gasteiger partial charge >= 0.3 is 0 Å². The fraction of sp³-hybridized carbons (Fsp3) is 0.923. The molecule has 17 heavy (non-hydrogen) atoms. The van der Waals surface area contributed by atoms with Gasteiger partial charge in [-0.2, -0.15) is 0 Å². The van der Waals surface area contributed by atoms with Gasteiger partial charge in [-0.1, -0.05) is 12.8 Å². The summed E-state index contributed by atoms with van der Waals surface area (Å²) in [5, 5.41) is 0. The van der Waals surface area contributed by atoms with E-state index in [4.69, 9.17) is 10.5 Å². The molecule has 0 aromatic carbocycles. The van der Waals surface area contributed by atoms with Gasteiger partial charge in [-0.3, -0.25) is 4.79 Å². The number of likely N-dealkylation sites (tertiary alicyclic amines) is 1. The first-order valence-electron chi connectivity index (χ1n) is 6.88. The maximum Gasteiger partial charge on any atom is 0.230 e. The Morgan fingerprint density at radius 2 is 1.82 bits per heavy atom. The highest BCUT2D eigenvalue weighted by molar-refractivity contribution is 5.83. The second kappa shape index (κ2) is 4.25. The normalized spacial score (nSPS) is 35.2. The van der Waals surface area contributed by atoms with Crippen LogP contribution in [0.25, 0.3) is 0 Å². The summed E-state index contributed by atoms with van der Waals surface area (Å²) in [4.78, 5) is 14.7. The molecule has 0 radical (unpaired) electrons. The van der Waals surface area contributed by atoms with Crippen LogP contribution in [0, 0.1) is 5.41 Å². The predicted molar refractivity (Wildman–Crippen MR) is 64.4 cm³/mol. The highest BCUT2D eigenvalue weighted by atomic mass is 16.5. The minimum Gasteiger partial charge on any atom is -0.371 e. The third-order valence-electron chi connectivity index (χ3n) is 4.74. The molecular formula is C13H22N2O2. The van der Waals surface area contributed by atoms with Crippen molar-refractivity contribution < 1.29 is 9.53 Å². The number of fused-ring (bicyclic) bond motifs is 2. The lowest BCUT2D eigenvalue weighted by atomic mass is 9.84. The van der Waals surface area contributed by atoms with Gasteiger partial charge in [-0.15, -0.1) is 0 Å². The first-order chi connectivity index (χ1) is 8.23. The van der Waals surface area contributed by atoms with Crippen LogP contribution in [0.2, 0.25) is 0 Å². The number of morpholine rings is 1. The van der Waals surface area contributed by atoms with Crippen LogP contribution >= 0.6 is 0 Å². The van der Waals surface area contributed by atoms with Crippen molar-refractivity contribution in [2.24, 2.45) is 11.1 Å². The van der Waals surface area contributed by atoms with E-state index >= 15 is 0 Å². The van der Waals surface area contributed by atoms with E-state index in [1.807, 2.05) is 4.90 Å². The molecule has 1 amide bonds. The van der Waals surface area contributed by atoms with Gasteiger partial charge in [0, 0.05) is 19.6 Å². The van der Waals surface area contributed by atoms with E-state index in [9.17, 15) is 4.79 Å². The first kappa shape index (κ1) is 11.5. The maximum atomic E-state index is 12.7. The summed E-state index contributed by atoms with van der Waals surface area (Å²) >= 11 is 0. The third kappa shape index (κ3) is 1.87. The zero-order valence-electron chi connectivity index (χ0n) is 10.4. The number of ether oxygens (including phenoxy) is 1. The van der Waals surface area contributed by atoms with Crippen LogP contribution in [-0.2, 0) is 9.53 Å². The number of nitrogens with two attached hydrogens (primary N) is 1. The molecule has 96 valence electrons. The van der Waals surface area contributed by atoms with Crippen molar-refractivity contribution in [2.45, 2.75) is 50.7 Å². The second-order valence-corrected chi connectivity index (χ2v) is 5.86. The fourth-order valence-electron chi connectivity index (χ4n) is 3.67. The molecule has 3 fully saturated rings. The predicted octanol–water partition coefficient (Wildman–Crippen LogP) is 0.895. The number of nitrogens with zero attached hydrogens (tertiary/aromatic N) is 1. The van der Waals surface area contributed by atoms with Crippen molar-refractivity contribution in [2.75, 3.05) is 19.6 Å². The number of amides is 1. The summed E-state index contributed by atoms with van der Waals surface area (Å²) in [5.74, 6) is 0.303. The van der Waals surface area contributed by atoms with E-state index in [2.05, 4.69) is 0 Å². The molecule has 1 saturated carbocycles. The Morgan fingerprint density at radius 1 is 1.24 bits per heavy atom. The molecule has 2 heterocycles. The van der Waals surface area contributed by atoms with Crippen LogP contribution in [0.1, 0.15) is 38.5 Å². The molecule has 2 atom stereocenters. The monoisotopic (exact) mass is 238 g/mol. The van der Waals surface area contributed by atoms with Crippen LogP contribution < -0.4 is 5.73 Å². The van der Waals surface area contributed by atoms with E-state index in [-0.39, 0.29) is 17.6 Å². The van der Waals surface area contributed by atoms with Crippen molar-refractivity contribution in [3.05, 3.63) is 0 Å². The summed E-state index contributed by atoms with van der Waals surface area (Å²) in [7, 11) is 0. The Kier molecular flexibility index (Phi) is 2.87. The van der Waals surface area contributed by atoms with Crippen LogP contribution in [0.4, 0.5) is 0 Å². The summed E-state index contributed by atoms with van der Waals surface area (Å²) in [6.45, 7) is 2.09. The standard InChI is InChI=1S/C13H22N2O2/c14-9-13(5-1-2-6-13)12(16)15-7-10-3-4-11(8-15)17-10/h10-11H,1-9,14H2. The van der Waals surface area contributed by atoms with Gasteiger partial charge in [0.15, 0.2) is 0 Å². The Hall–Kier alpha value is -0.610. The highest BCUT2D eigenvalue weighted by Gasteiger charge is 2.45. The lowest BCUT2D eigenvalue weighted by Crippen LogP contribution is -2.53. The van der Waals surface area contributed by atoms with Crippen LogP contribution in [0.15, 0.2) is 0 Å². The van der Waals surface area contributed by atoms with E-state index < -0.39 is 0 Å². The van der Waals surface area contributed by atoms with Gasteiger partial charge in [0.05, 0.1) is 17.6 Å². The molecule has 1 aliphatic carbocycles. The van der Waals surface area contributed by atoms with Gasteiger partial charge in [0.25, 0.3) is 0 Å². The lowest BCUT2D eigenvalue weighted by molar-refractivity contribution is -0.150. The van der Waals surface area contributed by atoms with Crippen molar-refractivity contribution in [1.29, 1.82) is 0 Å². The molecular weight excluding hydrogens is 216 g/mol. The Morgan fingerprint density at radius 3 is 2.35 bits per heavy atom. The van der Waals surface area contributed by atoms with E-state index in [1.165, 1.54) is 0 Å². The van der Waals surface area contributed by atoms with Gasteiger partial charge in [-0.25, -0.2) is 0 Å². The average molecular weight is 238 g/mol. The van der Waals surface area contributed by atoms with Gasteiger partial charge < -0.3 is 15.4 Å². The zero-order chi connectivity index (χ0) is 11.9. The van der Waals surface area contributed by atoms with Crippen molar-refractivity contribution >= 4 is 5.91 Å². The van der Waals surface area contributed by atoms with E-state index in [0.29, 0.717) is 12.5 Å². The quantitative estimate of drug-likeness (QED) is 0.777. The van der Waals surface area contributed by atoms with E-state index in [0.717, 1.165) is 51.6 Å². The maximum absolute atomic E-state index is 12.7. The summed E-state index contributed by atoms with van der Waals surface area (Å²) in [5.41, 5.74) is 5.64. The third-order valence-corrected chi connectivity index (χ3v) is 4.74. The van der Waals surface area contributed by atoms with Crippen molar-refractivity contribution in [1.82, 2.24) is 4.90 Å². The Bertz CT molecular complexity index is 301. The minimum atomic E-state index is -0.239. The molecule has 2 unspecified atom stereocenters. The zero-order valence-corrected chi connectivity index (χ0v) is 10.4. The molecule has 2 bridgehead atoms. The first-order valence-corrected chi connectivity index (χ1v) is 6.88. The van der Waals surface area contributed by atoms with Gasteiger partial charge in [0.2, 0.25) is 5.91 Å². The summed E-state index contributed by atoms with van der Waals surface area (Å²) < 4.78 is 5.78. The molecule has 3 rings (SSSR count). The summed E-state index contributed by atoms with van der Waals surface area (Å²) in [6, 6.07) is 0. The second-order valence-electron chi connectivity index (χ2n) is 5.86. The average Bonchev–Trinajstić information content (AvgIpc) is 2.96. The van der Waals surface area contributed by atoms with Crippen LogP contribution in [-0.4, -0.2) is 42.6 Å². The smallest absolute Gasteiger partial charge is 0.230 e. The van der Waals surface area contributed by atoms with E-state index in [1.54, 1.807) is 0 Å². The van der Waals surface area contributed by atoms with Crippen molar-refractivity contribution in [3.8, 4) is 0 Å². The molecule has 4 heteroatoms. The Labute approximate surface area is 102 Å². The fourth-order valence-corrected chi connectivity index (χ4v) is 3.67. The van der Waals surface area contributed by atoms with Crippen LogP contribution in [0.3, 0.4) is 0 Å². The molecule has 0 aromatic rings. The molecule has 2 saturated heterocycles. The number of hydrogen-bond acceptors (Lipinski definition) is 3. The molecule has 0 aromatic heterocycles. The van der Waals surface area contributed by atoms with Crippen LogP contribution in [0.5, 0.6) is 0 Å². The largest absolute Gasteiger partial charge is 0.371 e. The molecule has 0 spiro atoms. The summed E-state index contributed by atoms with van der Waals surface area (Å²) in [6.07, 6.45) is 7.07. The number of carbonyl (C=O) groups excluding carboxylic acids is 1. The van der Waals surface area contributed by atoms with Gasteiger partial charge in [0.1, 0.15) is 0 Å². The molecule has 2 N–H and O–H groups in total. The number of carbonyl (C=O) groups is 1. The number of rotatable bonds is 2. The lowest BCUT2D eigenvalue weighted by Gasteiger charge is -2.38. The van der Waals surface area contributed by atoms with Gasteiger partial charge in [-0.05, 0) is 25.7 Å². The van der Waals surface area contributed by atoms with Crippen molar-refractivity contribution in [3.63, 3.8) is 0 Å². The minimum absolute atomic E-state index is 0.239. The SMILES string of the molecule is NCC1(C(=O)N2CC3CCC(C2)O3)CCCC1. The molecule has 2 aliphatic heterocycles. The highest BCUT2D eigenvalue weighted by Crippen LogP contribution is 2.40. The topological polar surface area (TPSA) is 55.6 Å². The molecule has 4 nitrogen and oxygen atoms in total.